The lowest BCUT2D eigenvalue weighted by Crippen LogP contribution is -2.38. The van der Waals surface area contributed by atoms with Crippen LogP contribution >= 0.6 is 23.5 Å². The van der Waals surface area contributed by atoms with Gasteiger partial charge in [0.1, 0.15) is 18.3 Å². The molecule has 1 aliphatic rings. The summed E-state index contributed by atoms with van der Waals surface area (Å²) in [6.45, 7) is -1.07. The zero-order valence-electron chi connectivity index (χ0n) is 16.2. The van der Waals surface area contributed by atoms with Gasteiger partial charge in [-0.25, -0.2) is 18.5 Å². The summed E-state index contributed by atoms with van der Waals surface area (Å²) in [4.78, 5) is 61.5. The molecule has 21 heteroatoms. The molecule has 0 radical (unpaired) electrons. The number of H-pyrrole nitrogens is 1. The molecule has 1 aliphatic heterocycles. The van der Waals surface area contributed by atoms with E-state index in [4.69, 9.17) is 25.2 Å². The molecular weight excluding hydrogens is 519 g/mol. The quantitative estimate of drug-likeness (QED) is 0.143. The van der Waals surface area contributed by atoms with Crippen LogP contribution in [0.25, 0.3) is 0 Å². The van der Waals surface area contributed by atoms with E-state index in [1.807, 2.05) is 4.98 Å². The third-order valence-corrected chi connectivity index (χ3v) is 7.75. The molecule has 1 aromatic rings. The SMILES string of the molecule is N/C=C/Cc1cn([C@@H]2O[C@H](COP(=O)(O)OP(=O)(O)OP(=O)(O)O)[C@@H](O)[C@H]2O)c(=O)[nH]c1=O. The first-order valence-corrected chi connectivity index (χ1v) is 13.1. The van der Waals surface area contributed by atoms with Crippen molar-refractivity contribution in [3.05, 3.63) is 44.9 Å². The first-order chi connectivity index (χ1) is 15.1. The van der Waals surface area contributed by atoms with Crippen molar-refractivity contribution in [3.8, 4) is 0 Å². The van der Waals surface area contributed by atoms with Crippen molar-refractivity contribution in [2.45, 2.75) is 31.0 Å². The van der Waals surface area contributed by atoms with E-state index >= 15 is 0 Å². The predicted octanol–water partition coefficient (Wildman–Crippen LogP) is -2.49. The number of phosphoric ester groups is 1. The molecule has 6 atom stereocenters. The third kappa shape index (κ3) is 7.77. The second-order valence-corrected chi connectivity index (χ2v) is 10.8. The van der Waals surface area contributed by atoms with Gasteiger partial charge in [0.2, 0.25) is 0 Å². The van der Waals surface area contributed by atoms with Crippen LogP contribution in [0.5, 0.6) is 0 Å². The number of aromatic nitrogens is 2. The third-order valence-electron chi connectivity index (χ3n) is 3.94. The average Bonchev–Trinajstić information content (AvgIpc) is 2.91. The summed E-state index contributed by atoms with van der Waals surface area (Å²) in [6.07, 6.45) is -3.25. The lowest BCUT2D eigenvalue weighted by atomic mass is 10.1. The maximum absolute atomic E-state index is 12.1. The van der Waals surface area contributed by atoms with E-state index in [1.165, 1.54) is 6.08 Å². The average molecular weight is 539 g/mol. The molecule has 0 aliphatic carbocycles. The number of aliphatic hydroxyl groups excluding tert-OH is 2. The van der Waals surface area contributed by atoms with Crippen molar-refractivity contribution in [3.63, 3.8) is 0 Å². The van der Waals surface area contributed by atoms with Crippen LogP contribution in [0.1, 0.15) is 11.8 Å². The Labute approximate surface area is 183 Å². The lowest BCUT2D eigenvalue weighted by molar-refractivity contribution is -0.0543. The Morgan fingerprint density at radius 2 is 1.73 bits per heavy atom. The molecule has 33 heavy (non-hydrogen) atoms. The molecule has 0 aromatic carbocycles. The van der Waals surface area contributed by atoms with Crippen molar-refractivity contribution in [2.75, 3.05) is 6.61 Å². The van der Waals surface area contributed by atoms with Crippen LogP contribution in [-0.2, 0) is 38.0 Å². The highest BCUT2D eigenvalue weighted by Crippen LogP contribution is 2.66. The van der Waals surface area contributed by atoms with E-state index in [2.05, 4.69) is 13.1 Å². The molecular formula is C12H20N3O15P3. The second kappa shape index (κ2) is 10.4. The number of nitrogens with two attached hydrogens (primary N) is 1. The highest BCUT2D eigenvalue weighted by atomic mass is 31.3. The van der Waals surface area contributed by atoms with Gasteiger partial charge in [0.25, 0.3) is 5.56 Å². The molecule has 1 aromatic heterocycles. The first kappa shape index (κ1) is 27.8. The van der Waals surface area contributed by atoms with Gasteiger partial charge in [-0.05, 0) is 12.6 Å². The van der Waals surface area contributed by atoms with Crippen LogP contribution in [0.3, 0.4) is 0 Å². The summed E-state index contributed by atoms with van der Waals surface area (Å²) in [6, 6.07) is 0. The fourth-order valence-electron chi connectivity index (χ4n) is 2.62. The highest BCUT2D eigenvalue weighted by molar-refractivity contribution is 7.66. The van der Waals surface area contributed by atoms with Gasteiger partial charge in [0.05, 0.1) is 6.61 Å². The van der Waals surface area contributed by atoms with Gasteiger partial charge < -0.3 is 40.3 Å². The maximum atomic E-state index is 12.1. The van der Waals surface area contributed by atoms with Gasteiger partial charge in [0, 0.05) is 11.8 Å². The van der Waals surface area contributed by atoms with Crippen LogP contribution in [0, 0.1) is 0 Å². The molecule has 2 rings (SSSR count). The van der Waals surface area contributed by atoms with E-state index in [0.717, 1.165) is 17.0 Å². The molecule has 9 N–H and O–H groups in total. The van der Waals surface area contributed by atoms with Crippen LogP contribution in [-0.4, -0.2) is 64.3 Å². The van der Waals surface area contributed by atoms with Crippen LogP contribution in [0.4, 0.5) is 0 Å². The monoisotopic (exact) mass is 539 g/mol. The molecule has 0 amide bonds. The first-order valence-electron chi connectivity index (χ1n) is 8.56. The summed E-state index contributed by atoms with van der Waals surface area (Å²) >= 11 is 0. The number of ether oxygens (including phenoxy) is 1. The summed E-state index contributed by atoms with van der Waals surface area (Å²) in [5.41, 5.74) is 3.48. The van der Waals surface area contributed by atoms with Crippen LogP contribution in [0.2, 0.25) is 0 Å². The van der Waals surface area contributed by atoms with Crippen molar-refractivity contribution < 1.29 is 61.4 Å². The standard InChI is InChI=1S/C12H20N3O15P3/c13-3-1-2-6-4-15(12(19)14-10(6)18)11-9(17)8(16)7(28-11)5-27-32(23,24)30-33(25,26)29-31(20,21)22/h1,3-4,7-9,11,16-17H,2,5,13H2,(H,23,24)(H,25,26)(H,14,18,19)(H2,20,21,22)/b3-1+/t7-,8-,9-,11-/m1/s1. The molecule has 2 unspecified atom stereocenters. The Morgan fingerprint density at radius 1 is 1.09 bits per heavy atom. The van der Waals surface area contributed by atoms with Gasteiger partial charge >= 0.3 is 29.2 Å². The second-order valence-electron chi connectivity index (χ2n) is 6.39. The number of aromatic amines is 1. The summed E-state index contributed by atoms with van der Waals surface area (Å²) in [7, 11) is -16.9. The Balaban J connectivity index is 2.14. The normalized spacial score (nSPS) is 27.5. The lowest BCUT2D eigenvalue weighted by Gasteiger charge is -2.19. The summed E-state index contributed by atoms with van der Waals surface area (Å²) < 4.78 is 51.1. The minimum atomic E-state index is -5.76. The topological polar surface area (TPSA) is 290 Å². The number of allylic oxidation sites excluding steroid dienone is 1. The smallest absolute Gasteiger partial charge is 0.405 e. The zero-order chi connectivity index (χ0) is 25.2. The van der Waals surface area contributed by atoms with Crippen molar-refractivity contribution >= 4 is 23.5 Å². The van der Waals surface area contributed by atoms with E-state index < -0.39 is 65.9 Å². The number of phosphoric acid groups is 3. The fourth-order valence-corrected chi connectivity index (χ4v) is 5.65. The van der Waals surface area contributed by atoms with E-state index in [9.17, 15) is 38.4 Å². The Morgan fingerprint density at radius 3 is 2.30 bits per heavy atom. The minimum absolute atomic E-state index is 0.00690. The van der Waals surface area contributed by atoms with E-state index in [0.29, 0.717) is 0 Å². The largest absolute Gasteiger partial charge is 0.490 e. The minimum Gasteiger partial charge on any atom is -0.405 e. The maximum Gasteiger partial charge on any atom is 0.490 e. The van der Waals surface area contributed by atoms with Crippen LogP contribution in [0.15, 0.2) is 28.1 Å². The summed E-state index contributed by atoms with van der Waals surface area (Å²) in [5.74, 6) is 0. The van der Waals surface area contributed by atoms with Crippen molar-refractivity contribution in [1.29, 1.82) is 0 Å². The zero-order valence-corrected chi connectivity index (χ0v) is 18.9. The number of hydrogen-bond acceptors (Lipinski definition) is 12. The van der Waals surface area contributed by atoms with Gasteiger partial charge in [0.15, 0.2) is 6.23 Å². The Bertz CT molecular complexity index is 1140. The molecule has 0 saturated carbocycles. The van der Waals surface area contributed by atoms with Crippen LogP contribution < -0.4 is 17.0 Å². The number of nitrogens with zero attached hydrogens (tertiary/aromatic N) is 1. The molecule has 0 spiro atoms. The van der Waals surface area contributed by atoms with Gasteiger partial charge in [-0.3, -0.25) is 18.9 Å². The molecule has 0 bridgehead atoms. The van der Waals surface area contributed by atoms with E-state index in [1.54, 1.807) is 0 Å². The number of rotatable bonds is 10. The summed E-state index contributed by atoms with van der Waals surface area (Å²) in [5, 5.41) is 20.3. The number of nitrogens with one attached hydrogen (secondary N) is 1. The number of hydrogen-bond donors (Lipinski definition) is 8. The molecule has 1 fully saturated rings. The molecule has 2 heterocycles. The Hall–Kier alpha value is -1.49. The number of aliphatic hydroxyl groups is 2. The van der Waals surface area contributed by atoms with E-state index in [-0.39, 0.29) is 12.0 Å². The van der Waals surface area contributed by atoms with Crippen molar-refractivity contribution in [2.24, 2.45) is 5.73 Å². The Kier molecular flexibility index (Phi) is 8.76. The predicted molar refractivity (Wildman–Crippen MR) is 104 cm³/mol. The highest BCUT2D eigenvalue weighted by Gasteiger charge is 2.46. The fraction of sp³-hybridized carbons (Fsp3) is 0.500. The van der Waals surface area contributed by atoms with Gasteiger partial charge in [-0.1, -0.05) is 6.08 Å². The van der Waals surface area contributed by atoms with Gasteiger partial charge in [-0.15, -0.1) is 0 Å². The molecule has 1 saturated heterocycles. The van der Waals surface area contributed by atoms with Crippen molar-refractivity contribution in [1.82, 2.24) is 9.55 Å². The van der Waals surface area contributed by atoms with Gasteiger partial charge in [-0.2, -0.15) is 8.62 Å². The molecule has 18 nitrogen and oxygen atoms in total. The molecule has 188 valence electrons.